The SMILES string of the molecule is CC(C)(NC(=O)C1(C)CCCS1)C(=O)O. The van der Waals surface area contributed by atoms with Crippen LogP contribution in [0.4, 0.5) is 0 Å². The lowest BCUT2D eigenvalue weighted by atomic mass is 10.0. The second-order valence-corrected chi connectivity index (χ2v) is 6.17. The molecule has 1 rings (SSSR count). The molecular weight excluding hydrogens is 214 g/mol. The summed E-state index contributed by atoms with van der Waals surface area (Å²) >= 11 is 1.60. The Labute approximate surface area is 93.8 Å². The summed E-state index contributed by atoms with van der Waals surface area (Å²) in [5.41, 5.74) is -1.19. The van der Waals surface area contributed by atoms with E-state index in [0.29, 0.717) is 0 Å². The number of carbonyl (C=O) groups excluding carboxylic acids is 1. The molecule has 0 saturated carbocycles. The zero-order chi connectivity index (χ0) is 11.7. The van der Waals surface area contributed by atoms with Gasteiger partial charge in [-0.3, -0.25) is 4.79 Å². The summed E-state index contributed by atoms with van der Waals surface area (Å²) in [6.07, 6.45) is 1.83. The highest BCUT2D eigenvalue weighted by molar-refractivity contribution is 8.01. The van der Waals surface area contributed by atoms with Crippen molar-refractivity contribution >= 4 is 23.6 Å². The average Bonchev–Trinajstić information content (AvgIpc) is 2.52. The Morgan fingerprint density at radius 3 is 2.47 bits per heavy atom. The van der Waals surface area contributed by atoms with Gasteiger partial charge in [-0.1, -0.05) is 0 Å². The molecule has 1 fully saturated rings. The van der Waals surface area contributed by atoms with Gasteiger partial charge in [0.25, 0.3) is 0 Å². The van der Waals surface area contributed by atoms with Crippen molar-refractivity contribution in [1.29, 1.82) is 0 Å². The van der Waals surface area contributed by atoms with Crippen molar-refractivity contribution in [3.8, 4) is 0 Å². The minimum atomic E-state index is -1.19. The molecule has 1 saturated heterocycles. The maximum atomic E-state index is 11.9. The van der Waals surface area contributed by atoms with E-state index in [0.717, 1.165) is 18.6 Å². The van der Waals surface area contributed by atoms with Crippen LogP contribution in [0.25, 0.3) is 0 Å². The van der Waals surface area contributed by atoms with Crippen LogP contribution in [0.1, 0.15) is 33.6 Å². The Balaban J connectivity index is 2.66. The molecule has 5 heteroatoms. The first-order valence-electron chi connectivity index (χ1n) is 4.98. The Morgan fingerprint density at radius 1 is 1.47 bits per heavy atom. The molecule has 86 valence electrons. The van der Waals surface area contributed by atoms with E-state index in [2.05, 4.69) is 5.32 Å². The number of hydrogen-bond acceptors (Lipinski definition) is 3. The third-order valence-corrected chi connectivity index (χ3v) is 4.18. The minimum absolute atomic E-state index is 0.169. The third-order valence-electron chi connectivity index (χ3n) is 2.66. The number of carbonyl (C=O) groups is 2. The van der Waals surface area contributed by atoms with Crippen LogP contribution in [-0.4, -0.2) is 33.0 Å². The Morgan fingerprint density at radius 2 is 2.07 bits per heavy atom. The van der Waals surface area contributed by atoms with Gasteiger partial charge < -0.3 is 10.4 Å². The van der Waals surface area contributed by atoms with Gasteiger partial charge in [-0.15, -0.1) is 11.8 Å². The van der Waals surface area contributed by atoms with Crippen molar-refractivity contribution in [2.24, 2.45) is 0 Å². The van der Waals surface area contributed by atoms with Gasteiger partial charge in [-0.05, 0) is 39.4 Å². The molecule has 0 aliphatic carbocycles. The van der Waals surface area contributed by atoms with E-state index >= 15 is 0 Å². The number of nitrogens with one attached hydrogen (secondary N) is 1. The highest BCUT2D eigenvalue weighted by Gasteiger charge is 2.41. The number of carboxylic acid groups (broad SMARTS) is 1. The molecule has 1 unspecified atom stereocenters. The summed E-state index contributed by atoms with van der Waals surface area (Å²) in [4.78, 5) is 22.7. The second kappa shape index (κ2) is 4.04. The average molecular weight is 231 g/mol. The fourth-order valence-electron chi connectivity index (χ4n) is 1.43. The molecule has 15 heavy (non-hydrogen) atoms. The molecule has 4 nitrogen and oxygen atoms in total. The summed E-state index contributed by atoms with van der Waals surface area (Å²) in [7, 11) is 0. The van der Waals surface area contributed by atoms with Crippen molar-refractivity contribution in [1.82, 2.24) is 5.32 Å². The van der Waals surface area contributed by atoms with Gasteiger partial charge in [-0.25, -0.2) is 4.79 Å². The predicted molar refractivity (Wildman–Crippen MR) is 60.0 cm³/mol. The van der Waals surface area contributed by atoms with Gasteiger partial charge in [0, 0.05) is 0 Å². The summed E-state index contributed by atoms with van der Waals surface area (Å²) in [6.45, 7) is 4.87. The number of carboxylic acids is 1. The Kier molecular flexibility index (Phi) is 3.33. The van der Waals surface area contributed by atoms with E-state index in [1.807, 2.05) is 6.92 Å². The van der Waals surface area contributed by atoms with Gasteiger partial charge >= 0.3 is 5.97 Å². The van der Waals surface area contributed by atoms with Crippen LogP contribution < -0.4 is 5.32 Å². The van der Waals surface area contributed by atoms with Crippen LogP contribution in [0.5, 0.6) is 0 Å². The molecule has 0 radical (unpaired) electrons. The van der Waals surface area contributed by atoms with Crippen LogP contribution in [-0.2, 0) is 9.59 Å². The number of hydrogen-bond donors (Lipinski definition) is 2. The van der Waals surface area contributed by atoms with Crippen LogP contribution in [0, 0.1) is 0 Å². The molecular formula is C10H17NO3S. The van der Waals surface area contributed by atoms with Crippen LogP contribution >= 0.6 is 11.8 Å². The van der Waals surface area contributed by atoms with Crippen LogP contribution in [0.3, 0.4) is 0 Å². The zero-order valence-corrected chi connectivity index (χ0v) is 10.1. The van der Waals surface area contributed by atoms with E-state index in [9.17, 15) is 9.59 Å². The highest BCUT2D eigenvalue weighted by Crippen LogP contribution is 2.38. The maximum absolute atomic E-state index is 11.9. The molecule has 2 N–H and O–H groups in total. The normalized spacial score (nSPS) is 26.3. The topological polar surface area (TPSA) is 66.4 Å². The predicted octanol–water partition coefficient (Wildman–Crippen LogP) is 1.25. The molecule has 0 spiro atoms. The lowest BCUT2D eigenvalue weighted by molar-refractivity contribution is -0.146. The molecule has 0 aromatic rings. The maximum Gasteiger partial charge on any atom is 0.328 e. The molecule has 0 bridgehead atoms. The van der Waals surface area contributed by atoms with E-state index in [1.54, 1.807) is 11.8 Å². The first-order valence-corrected chi connectivity index (χ1v) is 5.96. The molecule has 0 aromatic carbocycles. The largest absolute Gasteiger partial charge is 0.480 e. The molecule has 1 aliphatic heterocycles. The molecule has 1 heterocycles. The van der Waals surface area contributed by atoms with E-state index < -0.39 is 16.3 Å². The highest BCUT2D eigenvalue weighted by atomic mass is 32.2. The smallest absolute Gasteiger partial charge is 0.328 e. The standard InChI is InChI=1S/C10H17NO3S/c1-9(2,8(13)14)11-7(12)10(3)5-4-6-15-10/h4-6H2,1-3H3,(H,11,12)(H,13,14). The summed E-state index contributed by atoms with van der Waals surface area (Å²) in [5.74, 6) is -0.211. The number of aliphatic carboxylic acids is 1. The molecule has 1 amide bonds. The van der Waals surface area contributed by atoms with Gasteiger partial charge in [0.1, 0.15) is 5.54 Å². The molecule has 1 atom stereocenters. The first-order chi connectivity index (χ1) is 6.78. The van der Waals surface area contributed by atoms with Crippen molar-refractivity contribution in [3.63, 3.8) is 0 Å². The molecule has 1 aliphatic rings. The van der Waals surface area contributed by atoms with Crippen molar-refractivity contribution in [2.45, 2.75) is 43.9 Å². The first kappa shape index (κ1) is 12.4. The van der Waals surface area contributed by atoms with Gasteiger partial charge in [0.05, 0.1) is 4.75 Å². The van der Waals surface area contributed by atoms with Gasteiger partial charge in [-0.2, -0.15) is 0 Å². The Hall–Kier alpha value is -0.710. The monoisotopic (exact) mass is 231 g/mol. The van der Waals surface area contributed by atoms with Gasteiger partial charge in [0.15, 0.2) is 0 Å². The Bertz CT molecular complexity index is 282. The number of rotatable bonds is 3. The van der Waals surface area contributed by atoms with Crippen LogP contribution in [0.2, 0.25) is 0 Å². The van der Waals surface area contributed by atoms with E-state index in [1.165, 1.54) is 13.8 Å². The second-order valence-electron chi connectivity index (χ2n) is 4.57. The minimum Gasteiger partial charge on any atom is -0.480 e. The van der Waals surface area contributed by atoms with Crippen molar-refractivity contribution < 1.29 is 14.7 Å². The summed E-state index contributed by atoms with van der Waals surface area (Å²) in [6, 6.07) is 0. The number of thioether (sulfide) groups is 1. The fourth-order valence-corrected chi connectivity index (χ4v) is 2.64. The third kappa shape index (κ3) is 2.65. The van der Waals surface area contributed by atoms with Crippen molar-refractivity contribution in [2.75, 3.05) is 5.75 Å². The lowest BCUT2D eigenvalue weighted by Crippen LogP contribution is -2.54. The summed E-state index contributed by atoms with van der Waals surface area (Å²) in [5, 5.41) is 11.5. The van der Waals surface area contributed by atoms with Crippen molar-refractivity contribution in [3.05, 3.63) is 0 Å². The molecule has 0 aromatic heterocycles. The quantitative estimate of drug-likeness (QED) is 0.767. The van der Waals surface area contributed by atoms with Gasteiger partial charge in [0.2, 0.25) is 5.91 Å². The number of amides is 1. The lowest BCUT2D eigenvalue weighted by Gasteiger charge is -2.28. The van der Waals surface area contributed by atoms with E-state index in [-0.39, 0.29) is 5.91 Å². The van der Waals surface area contributed by atoms with Crippen LogP contribution in [0.15, 0.2) is 0 Å². The zero-order valence-electron chi connectivity index (χ0n) is 9.29. The fraction of sp³-hybridized carbons (Fsp3) is 0.800. The van der Waals surface area contributed by atoms with E-state index in [4.69, 9.17) is 5.11 Å². The summed E-state index contributed by atoms with van der Waals surface area (Å²) < 4.78 is -0.452.